The molecule has 0 amide bonds. The molecule has 1 aromatic heterocycles. The van der Waals surface area contributed by atoms with Gasteiger partial charge in [0.1, 0.15) is 0 Å². The second-order valence-electron chi connectivity index (χ2n) is 5.93. The third-order valence-electron chi connectivity index (χ3n) is 3.80. The predicted molar refractivity (Wildman–Crippen MR) is 112 cm³/mol. The summed E-state index contributed by atoms with van der Waals surface area (Å²) in [5.74, 6) is 0.677. The fourth-order valence-corrected chi connectivity index (χ4v) is 3.03. The normalized spacial score (nSPS) is 10.6. The predicted octanol–water partition coefficient (Wildman–Crippen LogP) is 5.03. The van der Waals surface area contributed by atoms with E-state index in [1.165, 1.54) is 11.1 Å². The molecule has 0 aliphatic carbocycles. The van der Waals surface area contributed by atoms with Gasteiger partial charge in [-0.3, -0.25) is 4.68 Å². The number of hydrogen-bond acceptors (Lipinski definition) is 2. The summed E-state index contributed by atoms with van der Waals surface area (Å²) in [7, 11) is 0. The summed E-state index contributed by atoms with van der Waals surface area (Å²) >= 11 is 17.5. The van der Waals surface area contributed by atoms with Gasteiger partial charge in [0.2, 0.25) is 0 Å². The monoisotopic (exact) mass is 404 g/mol. The van der Waals surface area contributed by atoms with Crippen molar-refractivity contribution in [1.29, 1.82) is 0 Å². The average Bonchev–Trinajstić information content (AvgIpc) is 3.04. The van der Waals surface area contributed by atoms with Crippen LogP contribution < -0.4 is 10.6 Å². The third kappa shape index (κ3) is 5.21. The molecule has 0 unspecified atom stereocenters. The highest BCUT2D eigenvalue weighted by atomic mass is 35.5. The summed E-state index contributed by atoms with van der Waals surface area (Å²) in [5.41, 5.74) is 3.36. The Hall–Kier alpha value is -2.08. The largest absolute Gasteiger partial charge is 0.358 e. The van der Waals surface area contributed by atoms with Gasteiger partial charge in [-0.15, -0.1) is 0 Å². The lowest BCUT2D eigenvalue weighted by Gasteiger charge is -2.09. The van der Waals surface area contributed by atoms with Crippen LogP contribution in [-0.2, 0) is 13.1 Å². The Balaban J connectivity index is 1.54. The lowest BCUT2D eigenvalue weighted by Crippen LogP contribution is -2.28. The van der Waals surface area contributed by atoms with Crippen LogP contribution in [0, 0.1) is 6.92 Å². The molecule has 0 atom stereocenters. The minimum Gasteiger partial charge on any atom is -0.358 e. The van der Waals surface area contributed by atoms with Crippen LogP contribution >= 0.6 is 35.4 Å². The van der Waals surface area contributed by atoms with E-state index in [-0.39, 0.29) is 0 Å². The molecule has 3 aromatic rings. The Labute approximate surface area is 168 Å². The van der Waals surface area contributed by atoms with E-state index >= 15 is 0 Å². The number of anilines is 1. The lowest BCUT2D eigenvalue weighted by molar-refractivity contribution is 0.690. The molecule has 0 bridgehead atoms. The number of rotatable bonds is 5. The van der Waals surface area contributed by atoms with Crippen molar-refractivity contribution in [3.8, 4) is 0 Å². The Morgan fingerprint density at radius 2 is 1.88 bits per heavy atom. The molecular weight excluding hydrogens is 387 g/mol. The molecule has 0 saturated carbocycles. The van der Waals surface area contributed by atoms with E-state index in [4.69, 9.17) is 35.4 Å². The Morgan fingerprint density at radius 1 is 1.12 bits per heavy atom. The maximum Gasteiger partial charge on any atom is 0.172 e. The summed E-state index contributed by atoms with van der Waals surface area (Å²) < 4.78 is 1.79. The van der Waals surface area contributed by atoms with Gasteiger partial charge in [0, 0.05) is 28.9 Å². The Morgan fingerprint density at radius 3 is 2.62 bits per heavy atom. The van der Waals surface area contributed by atoms with Crippen molar-refractivity contribution in [2.75, 3.05) is 5.32 Å². The zero-order chi connectivity index (χ0) is 18.5. The van der Waals surface area contributed by atoms with Crippen LogP contribution in [0.2, 0.25) is 10.0 Å². The first-order valence-electron chi connectivity index (χ1n) is 8.07. The Bertz CT molecular complexity index is 906. The second kappa shape index (κ2) is 8.54. The van der Waals surface area contributed by atoms with E-state index in [9.17, 15) is 0 Å². The van der Waals surface area contributed by atoms with Crippen LogP contribution in [0.15, 0.2) is 54.7 Å². The van der Waals surface area contributed by atoms with E-state index in [2.05, 4.69) is 46.9 Å². The highest BCUT2D eigenvalue weighted by Gasteiger charge is 2.05. The number of nitrogens with zero attached hydrogens (tertiary/aromatic N) is 2. The molecule has 2 N–H and O–H groups in total. The smallest absolute Gasteiger partial charge is 0.172 e. The zero-order valence-corrected chi connectivity index (χ0v) is 16.5. The molecule has 134 valence electrons. The number of aromatic nitrogens is 2. The summed E-state index contributed by atoms with van der Waals surface area (Å²) in [6.07, 6.45) is 1.87. The first-order chi connectivity index (χ1) is 12.5. The standard InChI is InChI=1S/C19H18Cl2N4S/c1-13-2-4-14(5-3-13)11-22-19(26)23-18-8-9-25(24-18)12-15-6-7-16(20)10-17(15)21/h2-10H,11-12H2,1H3,(H2,22,23,24,26). The van der Waals surface area contributed by atoms with Crippen LogP contribution in [-0.4, -0.2) is 14.9 Å². The van der Waals surface area contributed by atoms with Crippen molar-refractivity contribution < 1.29 is 0 Å². The first kappa shape index (κ1) is 18.7. The molecule has 0 aliphatic heterocycles. The van der Waals surface area contributed by atoms with Crippen molar-refractivity contribution in [3.05, 3.63) is 81.5 Å². The number of benzene rings is 2. The number of halogens is 2. The van der Waals surface area contributed by atoms with E-state index < -0.39 is 0 Å². The van der Waals surface area contributed by atoms with Gasteiger partial charge in [0.25, 0.3) is 0 Å². The van der Waals surface area contributed by atoms with Crippen molar-refractivity contribution in [1.82, 2.24) is 15.1 Å². The molecule has 7 heteroatoms. The summed E-state index contributed by atoms with van der Waals surface area (Å²) in [4.78, 5) is 0. The highest BCUT2D eigenvalue weighted by molar-refractivity contribution is 7.80. The van der Waals surface area contributed by atoms with Crippen LogP contribution in [0.3, 0.4) is 0 Å². The van der Waals surface area contributed by atoms with Gasteiger partial charge in [-0.25, -0.2) is 0 Å². The van der Waals surface area contributed by atoms with E-state index in [0.29, 0.717) is 34.1 Å². The molecule has 0 radical (unpaired) electrons. The van der Waals surface area contributed by atoms with Gasteiger partial charge in [-0.2, -0.15) is 5.10 Å². The fraction of sp³-hybridized carbons (Fsp3) is 0.158. The number of hydrogen-bond donors (Lipinski definition) is 2. The topological polar surface area (TPSA) is 41.9 Å². The van der Waals surface area contributed by atoms with Crippen molar-refractivity contribution >= 4 is 46.4 Å². The minimum absolute atomic E-state index is 0.528. The molecule has 2 aromatic carbocycles. The van der Waals surface area contributed by atoms with E-state index in [0.717, 1.165) is 5.56 Å². The molecule has 1 heterocycles. The van der Waals surface area contributed by atoms with E-state index in [1.807, 2.05) is 24.4 Å². The number of nitrogens with one attached hydrogen (secondary N) is 2. The van der Waals surface area contributed by atoms with Crippen molar-refractivity contribution in [3.63, 3.8) is 0 Å². The molecule has 3 rings (SSSR count). The Kier molecular flexibility index (Phi) is 6.14. The number of aryl methyl sites for hydroxylation is 1. The lowest BCUT2D eigenvalue weighted by atomic mass is 10.1. The van der Waals surface area contributed by atoms with Gasteiger partial charge in [0.05, 0.1) is 6.54 Å². The second-order valence-corrected chi connectivity index (χ2v) is 7.18. The molecule has 0 spiro atoms. The number of thiocarbonyl (C=S) groups is 1. The average molecular weight is 405 g/mol. The molecule has 0 aliphatic rings. The first-order valence-corrected chi connectivity index (χ1v) is 9.24. The minimum atomic E-state index is 0.528. The summed E-state index contributed by atoms with van der Waals surface area (Å²) in [5, 5.41) is 12.5. The molecule has 26 heavy (non-hydrogen) atoms. The van der Waals surface area contributed by atoms with Crippen LogP contribution in [0.5, 0.6) is 0 Å². The van der Waals surface area contributed by atoms with Gasteiger partial charge in [0.15, 0.2) is 10.9 Å². The van der Waals surface area contributed by atoms with Crippen LogP contribution in [0.4, 0.5) is 5.82 Å². The van der Waals surface area contributed by atoms with Crippen molar-refractivity contribution in [2.45, 2.75) is 20.0 Å². The highest BCUT2D eigenvalue weighted by Crippen LogP contribution is 2.21. The zero-order valence-electron chi connectivity index (χ0n) is 14.2. The van der Waals surface area contributed by atoms with Crippen LogP contribution in [0.25, 0.3) is 0 Å². The molecule has 0 saturated heterocycles. The third-order valence-corrected chi connectivity index (χ3v) is 4.64. The van der Waals surface area contributed by atoms with Crippen molar-refractivity contribution in [2.24, 2.45) is 0 Å². The molecule has 4 nitrogen and oxygen atoms in total. The van der Waals surface area contributed by atoms with Gasteiger partial charge >= 0.3 is 0 Å². The molecular formula is C19H18Cl2N4S. The molecule has 0 fully saturated rings. The van der Waals surface area contributed by atoms with Crippen LogP contribution in [0.1, 0.15) is 16.7 Å². The fourth-order valence-electron chi connectivity index (χ4n) is 2.39. The van der Waals surface area contributed by atoms with Gasteiger partial charge < -0.3 is 10.6 Å². The maximum atomic E-state index is 6.21. The van der Waals surface area contributed by atoms with Gasteiger partial charge in [-0.05, 0) is 42.4 Å². The summed E-state index contributed by atoms with van der Waals surface area (Å²) in [6.45, 7) is 3.28. The quantitative estimate of drug-likeness (QED) is 0.584. The summed E-state index contributed by atoms with van der Waals surface area (Å²) in [6, 6.07) is 15.6. The SMILES string of the molecule is Cc1ccc(CNC(=S)Nc2ccn(Cc3ccc(Cl)cc3Cl)n2)cc1. The van der Waals surface area contributed by atoms with Gasteiger partial charge in [-0.1, -0.05) is 59.1 Å². The van der Waals surface area contributed by atoms with E-state index in [1.54, 1.807) is 10.7 Å². The maximum absolute atomic E-state index is 6.21.